The molecule has 1 aromatic heterocycles. The van der Waals surface area contributed by atoms with Crippen LogP contribution in [0.2, 0.25) is 0 Å². The standard InChI is InChI=1S/C21H27FN4O3/c1-13(2)23(3)25-8-6-24(7-9-25)19-11-18-15(10-17(19)22)20(27)16(21(28)29)12-26(18)14-4-5-14/h10-14H,4-9H2,1-3H3,(H,28,29). The van der Waals surface area contributed by atoms with E-state index in [1.165, 1.54) is 12.3 Å². The molecule has 1 N–H and O–H groups in total. The molecule has 0 amide bonds. The van der Waals surface area contributed by atoms with Crippen LogP contribution in [0, 0.1) is 5.82 Å². The first-order valence-electron chi connectivity index (χ1n) is 10.1. The van der Waals surface area contributed by atoms with E-state index in [1.807, 2.05) is 9.47 Å². The molecule has 1 saturated carbocycles. The zero-order valence-corrected chi connectivity index (χ0v) is 17.1. The number of aromatic nitrogens is 1. The lowest BCUT2D eigenvalue weighted by Crippen LogP contribution is -2.54. The largest absolute Gasteiger partial charge is 0.477 e. The van der Waals surface area contributed by atoms with E-state index in [0.29, 0.717) is 30.3 Å². The minimum absolute atomic E-state index is 0.135. The van der Waals surface area contributed by atoms with Gasteiger partial charge in [-0.3, -0.25) is 4.79 Å². The van der Waals surface area contributed by atoms with Gasteiger partial charge in [-0.1, -0.05) is 0 Å². The minimum Gasteiger partial charge on any atom is -0.477 e. The third kappa shape index (κ3) is 3.62. The fraction of sp³-hybridized carbons (Fsp3) is 0.524. The second kappa shape index (κ2) is 7.42. The predicted molar refractivity (Wildman–Crippen MR) is 110 cm³/mol. The first kappa shape index (κ1) is 19.8. The molecule has 1 aromatic carbocycles. The number of pyridine rings is 1. The van der Waals surface area contributed by atoms with Crippen molar-refractivity contribution in [3.8, 4) is 0 Å². The molecule has 0 atom stereocenters. The number of carboxylic acid groups (broad SMARTS) is 1. The molecule has 2 aliphatic rings. The van der Waals surface area contributed by atoms with Crippen molar-refractivity contribution >= 4 is 22.6 Å². The average molecular weight is 402 g/mol. The smallest absolute Gasteiger partial charge is 0.341 e. The van der Waals surface area contributed by atoms with Gasteiger partial charge in [-0.2, -0.15) is 0 Å². The van der Waals surface area contributed by atoms with E-state index in [0.717, 1.165) is 25.9 Å². The van der Waals surface area contributed by atoms with Crippen LogP contribution in [-0.4, -0.2) is 64.9 Å². The highest BCUT2D eigenvalue weighted by molar-refractivity contribution is 5.93. The topological polar surface area (TPSA) is 69.0 Å². The summed E-state index contributed by atoms with van der Waals surface area (Å²) in [6, 6.07) is 3.50. The number of piperazine rings is 1. The fourth-order valence-electron chi connectivity index (χ4n) is 3.99. The number of hydrogen-bond acceptors (Lipinski definition) is 5. The molecule has 1 aliphatic heterocycles. The van der Waals surface area contributed by atoms with Crippen LogP contribution in [-0.2, 0) is 0 Å². The highest BCUT2D eigenvalue weighted by Gasteiger charge is 2.29. The number of carboxylic acids is 1. The maximum Gasteiger partial charge on any atom is 0.341 e. The van der Waals surface area contributed by atoms with Crippen LogP contribution in [0.5, 0.6) is 0 Å². The van der Waals surface area contributed by atoms with Gasteiger partial charge in [0.25, 0.3) is 0 Å². The Morgan fingerprint density at radius 3 is 2.41 bits per heavy atom. The summed E-state index contributed by atoms with van der Waals surface area (Å²) in [4.78, 5) is 26.1. The van der Waals surface area contributed by atoms with Crippen molar-refractivity contribution in [2.24, 2.45) is 0 Å². The van der Waals surface area contributed by atoms with Crippen molar-refractivity contribution < 1.29 is 14.3 Å². The van der Waals surface area contributed by atoms with E-state index in [2.05, 4.69) is 30.9 Å². The molecule has 156 valence electrons. The van der Waals surface area contributed by atoms with Gasteiger partial charge >= 0.3 is 5.97 Å². The lowest BCUT2D eigenvalue weighted by atomic mass is 10.1. The molecular formula is C21H27FN4O3. The lowest BCUT2D eigenvalue weighted by molar-refractivity contribution is -0.0302. The molecule has 0 radical (unpaired) electrons. The SMILES string of the molecule is CC(C)N(C)N1CCN(c2cc3c(cc2F)c(=O)c(C(=O)O)cn3C2CC2)CC1. The van der Waals surface area contributed by atoms with E-state index in [4.69, 9.17) is 0 Å². The van der Waals surface area contributed by atoms with E-state index >= 15 is 0 Å². The molecule has 0 unspecified atom stereocenters. The number of aromatic carboxylic acids is 1. The lowest BCUT2D eigenvalue weighted by Gasteiger charge is -2.42. The molecule has 7 nitrogen and oxygen atoms in total. The maximum atomic E-state index is 15.0. The number of carbonyl (C=O) groups is 1. The Kier molecular flexibility index (Phi) is 5.08. The van der Waals surface area contributed by atoms with E-state index in [-0.39, 0.29) is 17.0 Å². The molecule has 4 rings (SSSR count). The first-order chi connectivity index (χ1) is 13.8. The summed E-state index contributed by atoms with van der Waals surface area (Å²) in [5.74, 6) is -1.76. The fourth-order valence-corrected chi connectivity index (χ4v) is 3.99. The number of rotatable bonds is 5. The summed E-state index contributed by atoms with van der Waals surface area (Å²) in [6.45, 7) is 7.22. The van der Waals surface area contributed by atoms with Crippen molar-refractivity contribution in [2.75, 3.05) is 38.1 Å². The Hall–Kier alpha value is -2.45. The van der Waals surface area contributed by atoms with Crippen molar-refractivity contribution in [1.29, 1.82) is 0 Å². The zero-order valence-electron chi connectivity index (χ0n) is 17.1. The van der Waals surface area contributed by atoms with Gasteiger partial charge in [0.1, 0.15) is 11.4 Å². The second-order valence-corrected chi connectivity index (χ2v) is 8.24. The summed E-state index contributed by atoms with van der Waals surface area (Å²) in [5, 5.41) is 14.0. The molecule has 1 saturated heterocycles. The molecular weight excluding hydrogens is 375 g/mol. The van der Waals surface area contributed by atoms with Crippen molar-refractivity contribution in [2.45, 2.75) is 38.8 Å². The molecule has 29 heavy (non-hydrogen) atoms. The second-order valence-electron chi connectivity index (χ2n) is 8.24. The van der Waals surface area contributed by atoms with Crippen LogP contribution in [0.15, 0.2) is 23.1 Å². The van der Waals surface area contributed by atoms with Gasteiger partial charge in [0.05, 0.1) is 11.2 Å². The number of anilines is 1. The number of benzene rings is 1. The van der Waals surface area contributed by atoms with Gasteiger partial charge < -0.3 is 14.6 Å². The Morgan fingerprint density at radius 1 is 1.21 bits per heavy atom. The van der Waals surface area contributed by atoms with Gasteiger partial charge in [0.2, 0.25) is 5.43 Å². The monoisotopic (exact) mass is 402 g/mol. The number of halogens is 1. The highest BCUT2D eigenvalue weighted by atomic mass is 19.1. The van der Waals surface area contributed by atoms with Gasteiger partial charge in [-0.15, -0.1) is 0 Å². The number of nitrogens with zero attached hydrogens (tertiary/aromatic N) is 4. The summed E-state index contributed by atoms with van der Waals surface area (Å²) in [5.41, 5.74) is 0.155. The number of hydrogen-bond donors (Lipinski definition) is 1. The first-order valence-corrected chi connectivity index (χ1v) is 10.1. The normalized spacial score (nSPS) is 18.2. The molecule has 0 bridgehead atoms. The molecule has 2 fully saturated rings. The maximum absolute atomic E-state index is 15.0. The Morgan fingerprint density at radius 2 is 1.86 bits per heavy atom. The van der Waals surface area contributed by atoms with Crippen molar-refractivity contribution in [3.05, 3.63) is 39.9 Å². The number of hydrazine groups is 1. The number of fused-ring (bicyclic) bond motifs is 1. The third-order valence-electron chi connectivity index (χ3n) is 6.06. The zero-order chi connectivity index (χ0) is 20.9. The summed E-state index contributed by atoms with van der Waals surface area (Å²) in [7, 11) is 2.06. The van der Waals surface area contributed by atoms with Crippen LogP contribution in [0.4, 0.5) is 10.1 Å². The van der Waals surface area contributed by atoms with Gasteiger partial charge in [0.15, 0.2) is 0 Å². The third-order valence-corrected chi connectivity index (χ3v) is 6.06. The van der Waals surface area contributed by atoms with Gasteiger partial charge in [-0.05, 0) is 38.8 Å². The molecule has 2 heterocycles. The predicted octanol–water partition coefficient (Wildman–Crippen LogP) is 2.55. The Labute approximate surface area is 168 Å². The van der Waals surface area contributed by atoms with Crippen LogP contribution < -0.4 is 10.3 Å². The van der Waals surface area contributed by atoms with E-state index < -0.39 is 17.2 Å². The average Bonchev–Trinajstić information content (AvgIpc) is 3.52. The van der Waals surface area contributed by atoms with Gasteiger partial charge in [0, 0.05) is 56.9 Å². The Bertz CT molecular complexity index is 1010. The summed E-state index contributed by atoms with van der Waals surface area (Å²) in [6.07, 6.45) is 3.29. The van der Waals surface area contributed by atoms with Crippen LogP contribution in [0.3, 0.4) is 0 Å². The quantitative estimate of drug-likeness (QED) is 0.829. The Balaban J connectivity index is 1.71. The van der Waals surface area contributed by atoms with Crippen molar-refractivity contribution in [3.63, 3.8) is 0 Å². The van der Waals surface area contributed by atoms with Crippen LogP contribution in [0.1, 0.15) is 43.1 Å². The van der Waals surface area contributed by atoms with Gasteiger partial charge in [-0.25, -0.2) is 19.2 Å². The van der Waals surface area contributed by atoms with E-state index in [1.54, 1.807) is 6.07 Å². The molecule has 2 aromatic rings. The highest BCUT2D eigenvalue weighted by Crippen LogP contribution is 2.38. The van der Waals surface area contributed by atoms with Crippen LogP contribution in [0.25, 0.3) is 10.9 Å². The van der Waals surface area contributed by atoms with Crippen LogP contribution >= 0.6 is 0 Å². The van der Waals surface area contributed by atoms with Crippen molar-refractivity contribution in [1.82, 2.24) is 14.6 Å². The molecule has 8 heteroatoms. The minimum atomic E-state index is -1.28. The summed E-state index contributed by atoms with van der Waals surface area (Å²) >= 11 is 0. The molecule has 0 spiro atoms. The molecule has 1 aliphatic carbocycles. The summed E-state index contributed by atoms with van der Waals surface area (Å²) < 4.78 is 16.8. The van der Waals surface area contributed by atoms with E-state index in [9.17, 15) is 19.1 Å².